The third kappa shape index (κ3) is 5.15. The summed E-state index contributed by atoms with van der Waals surface area (Å²) in [5.41, 5.74) is 3.37. The smallest absolute Gasteiger partial charge is 0.224 e. The lowest BCUT2D eigenvalue weighted by molar-refractivity contribution is -0.134. The van der Waals surface area contributed by atoms with E-state index in [0.29, 0.717) is 30.8 Å². The average Bonchev–Trinajstić information content (AvgIpc) is 2.67. The van der Waals surface area contributed by atoms with Gasteiger partial charge in [0.15, 0.2) is 0 Å². The van der Waals surface area contributed by atoms with Crippen molar-refractivity contribution in [3.8, 4) is 0 Å². The predicted molar refractivity (Wildman–Crippen MR) is 117 cm³/mol. The quantitative estimate of drug-likeness (QED) is 0.623. The number of piperidine rings is 1. The van der Waals surface area contributed by atoms with Crippen molar-refractivity contribution in [2.24, 2.45) is 0 Å². The molecule has 1 atom stereocenters. The molecule has 1 fully saturated rings. The van der Waals surface area contributed by atoms with Crippen LogP contribution in [0.5, 0.6) is 0 Å². The van der Waals surface area contributed by atoms with E-state index >= 15 is 0 Å². The van der Waals surface area contributed by atoms with E-state index in [-0.39, 0.29) is 11.8 Å². The highest BCUT2D eigenvalue weighted by atomic mass is 16.2. The maximum absolute atomic E-state index is 13.0. The van der Waals surface area contributed by atoms with Crippen LogP contribution in [0.3, 0.4) is 0 Å². The molecule has 0 saturated carbocycles. The van der Waals surface area contributed by atoms with Gasteiger partial charge in [-0.2, -0.15) is 0 Å². The maximum atomic E-state index is 13.0. The minimum atomic E-state index is 0.00786. The zero-order valence-corrected chi connectivity index (χ0v) is 18.6. The number of carbonyl (C=O) groups is 2. The lowest BCUT2D eigenvalue weighted by atomic mass is 9.91. The van der Waals surface area contributed by atoms with Gasteiger partial charge in [0.2, 0.25) is 11.8 Å². The fourth-order valence-corrected chi connectivity index (χ4v) is 4.35. The zero-order valence-electron chi connectivity index (χ0n) is 18.6. The SMILES string of the molecule is CCC1CCCCN1C(=O)CCN(C(C)=O)c1c(C(C)C)cccc1C(C)C. The second-order valence-electron chi connectivity index (χ2n) is 8.66. The fourth-order valence-electron chi connectivity index (χ4n) is 4.35. The largest absolute Gasteiger partial charge is 0.340 e. The molecule has 0 aliphatic carbocycles. The van der Waals surface area contributed by atoms with E-state index in [2.05, 4.69) is 57.7 Å². The Morgan fingerprint density at radius 3 is 2.21 bits per heavy atom. The van der Waals surface area contributed by atoms with Crippen molar-refractivity contribution in [1.82, 2.24) is 4.90 Å². The Labute approximate surface area is 171 Å². The Morgan fingerprint density at radius 2 is 1.71 bits per heavy atom. The van der Waals surface area contributed by atoms with E-state index in [4.69, 9.17) is 0 Å². The van der Waals surface area contributed by atoms with Crippen LogP contribution >= 0.6 is 0 Å². The minimum absolute atomic E-state index is 0.00786. The van der Waals surface area contributed by atoms with E-state index in [9.17, 15) is 9.59 Å². The molecule has 156 valence electrons. The van der Waals surface area contributed by atoms with E-state index in [1.54, 1.807) is 6.92 Å². The zero-order chi connectivity index (χ0) is 20.8. The monoisotopic (exact) mass is 386 g/mol. The van der Waals surface area contributed by atoms with Gasteiger partial charge < -0.3 is 9.80 Å². The summed E-state index contributed by atoms with van der Waals surface area (Å²) in [5, 5.41) is 0. The molecule has 0 N–H and O–H groups in total. The standard InChI is InChI=1S/C24H38N2O2/c1-7-20-11-8-9-15-26(20)23(28)14-16-25(19(6)27)24-21(17(2)3)12-10-13-22(24)18(4)5/h10,12-13,17-18,20H,7-9,11,14-16H2,1-6H3. The molecular weight excluding hydrogens is 348 g/mol. The normalized spacial score (nSPS) is 17.3. The molecule has 1 aliphatic rings. The van der Waals surface area contributed by atoms with Crippen molar-refractivity contribution in [3.05, 3.63) is 29.3 Å². The Kier molecular flexibility index (Phi) is 8.09. The van der Waals surface area contributed by atoms with Crippen LogP contribution in [0.1, 0.15) is 96.6 Å². The Balaban J connectivity index is 2.27. The molecule has 1 aromatic carbocycles. The maximum Gasteiger partial charge on any atom is 0.224 e. The van der Waals surface area contributed by atoms with Crippen molar-refractivity contribution in [1.29, 1.82) is 0 Å². The average molecular weight is 387 g/mol. The van der Waals surface area contributed by atoms with Crippen molar-refractivity contribution >= 4 is 17.5 Å². The molecule has 0 bridgehead atoms. The van der Waals surface area contributed by atoms with E-state index in [0.717, 1.165) is 31.5 Å². The first kappa shape index (κ1) is 22.4. The molecule has 1 heterocycles. The second kappa shape index (κ2) is 10.1. The van der Waals surface area contributed by atoms with Gasteiger partial charge in [0.05, 0.1) is 5.69 Å². The topological polar surface area (TPSA) is 40.6 Å². The number of hydrogen-bond acceptors (Lipinski definition) is 2. The summed E-state index contributed by atoms with van der Waals surface area (Å²) >= 11 is 0. The van der Waals surface area contributed by atoms with Crippen LogP contribution < -0.4 is 4.90 Å². The van der Waals surface area contributed by atoms with Crippen LogP contribution in [0, 0.1) is 0 Å². The summed E-state index contributed by atoms with van der Waals surface area (Å²) in [6.07, 6.45) is 4.80. The number of benzene rings is 1. The van der Waals surface area contributed by atoms with Crippen LogP contribution in [0.2, 0.25) is 0 Å². The van der Waals surface area contributed by atoms with Crippen molar-refractivity contribution < 1.29 is 9.59 Å². The number of likely N-dealkylation sites (tertiary alicyclic amines) is 1. The first-order valence-electron chi connectivity index (χ1n) is 11.0. The predicted octanol–water partition coefficient (Wildman–Crippen LogP) is 5.47. The molecule has 0 aromatic heterocycles. The van der Waals surface area contributed by atoms with Crippen LogP contribution in [-0.2, 0) is 9.59 Å². The Morgan fingerprint density at radius 1 is 1.11 bits per heavy atom. The molecule has 28 heavy (non-hydrogen) atoms. The first-order chi connectivity index (χ1) is 13.3. The molecule has 2 rings (SSSR count). The third-order valence-corrected chi connectivity index (χ3v) is 5.96. The molecular formula is C24H38N2O2. The summed E-state index contributed by atoms with van der Waals surface area (Å²) in [7, 11) is 0. The molecule has 1 aliphatic heterocycles. The van der Waals surface area contributed by atoms with E-state index in [1.807, 2.05) is 4.90 Å². The van der Waals surface area contributed by atoms with Crippen molar-refractivity contribution in [3.63, 3.8) is 0 Å². The van der Waals surface area contributed by atoms with Gasteiger partial charge >= 0.3 is 0 Å². The number of anilines is 1. The summed E-state index contributed by atoms with van der Waals surface area (Å²) in [5.74, 6) is 0.829. The number of nitrogens with zero attached hydrogens (tertiary/aromatic N) is 2. The Bertz CT molecular complexity index is 655. The van der Waals surface area contributed by atoms with Gasteiger partial charge in [-0.3, -0.25) is 9.59 Å². The van der Waals surface area contributed by atoms with Gasteiger partial charge in [-0.05, 0) is 48.6 Å². The lowest BCUT2D eigenvalue weighted by Gasteiger charge is -2.36. The van der Waals surface area contributed by atoms with Crippen molar-refractivity contribution in [2.75, 3.05) is 18.0 Å². The molecule has 1 aromatic rings. The van der Waals surface area contributed by atoms with Crippen molar-refractivity contribution in [2.45, 2.75) is 91.5 Å². The highest BCUT2D eigenvalue weighted by Crippen LogP contribution is 2.35. The highest BCUT2D eigenvalue weighted by Gasteiger charge is 2.27. The van der Waals surface area contributed by atoms with Gasteiger partial charge in [0.25, 0.3) is 0 Å². The number of amides is 2. The minimum Gasteiger partial charge on any atom is -0.340 e. The summed E-state index contributed by atoms with van der Waals surface area (Å²) in [6.45, 7) is 13.7. The molecule has 1 unspecified atom stereocenters. The summed E-state index contributed by atoms with van der Waals surface area (Å²) in [6, 6.07) is 6.67. The van der Waals surface area contributed by atoms with E-state index < -0.39 is 0 Å². The van der Waals surface area contributed by atoms with Gasteiger partial charge in [0, 0.05) is 32.5 Å². The number of carbonyl (C=O) groups excluding carboxylic acids is 2. The molecule has 0 radical (unpaired) electrons. The van der Waals surface area contributed by atoms with Crippen LogP contribution in [-0.4, -0.2) is 35.8 Å². The number of rotatable bonds is 7. The molecule has 2 amide bonds. The second-order valence-corrected chi connectivity index (χ2v) is 8.66. The lowest BCUT2D eigenvalue weighted by Crippen LogP contribution is -2.45. The first-order valence-corrected chi connectivity index (χ1v) is 11.0. The van der Waals surface area contributed by atoms with Crippen LogP contribution in [0.15, 0.2) is 18.2 Å². The van der Waals surface area contributed by atoms with Gasteiger partial charge in [-0.15, -0.1) is 0 Å². The van der Waals surface area contributed by atoms with Crippen LogP contribution in [0.4, 0.5) is 5.69 Å². The summed E-state index contributed by atoms with van der Waals surface area (Å²) < 4.78 is 0. The third-order valence-electron chi connectivity index (χ3n) is 5.96. The van der Waals surface area contributed by atoms with Gasteiger partial charge in [-0.25, -0.2) is 0 Å². The summed E-state index contributed by atoms with van der Waals surface area (Å²) in [4.78, 5) is 29.5. The number of para-hydroxylation sites is 1. The Hall–Kier alpha value is -1.84. The molecule has 1 saturated heterocycles. The molecule has 0 spiro atoms. The number of hydrogen-bond donors (Lipinski definition) is 0. The fraction of sp³-hybridized carbons (Fsp3) is 0.667. The highest BCUT2D eigenvalue weighted by molar-refractivity contribution is 5.94. The van der Waals surface area contributed by atoms with E-state index in [1.165, 1.54) is 17.5 Å². The van der Waals surface area contributed by atoms with Crippen LogP contribution in [0.25, 0.3) is 0 Å². The van der Waals surface area contributed by atoms with Gasteiger partial charge in [0.1, 0.15) is 0 Å². The van der Waals surface area contributed by atoms with Gasteiger partial charge in [-0.1, -0.05) is 52.8 Å². The molecule has 4 nitrogen and oxygen atoms in total. The molecule has 4 heteroatoms.